The van der Waals surface area contributed by atoms with Crippen LogP contribution in [0.3, 0.4) is 0 Å². The summed E-state index contributed by atoms with van der Waals surface area (Å²) in [5, 5.41) is 0. The Balaban J connectivity index is 1.39. The maximum absolute atomic E-state index is 5.96. The predicted octanol–water partition coefficient (Wildman–Crippen LogP) is 1.69. The fourth-order valence-electron chi connectivity index (χ4n) is 3.97. The topological polar surface area (TPSA) is 98.9 Å². The molecule has 2 aromatic heterocycles. The van der Waals surface area contributed by atoms with Gasteiger partial charge in [0.1, 0.15) is 11.6 Å². The lowest BCUT2D eigenvalue weighted by atomic mass is 9.78. The van der Waals surface area contributed by atoms with Gasteiger partial charge in [-0.3, -0.25) is 0 Å². The summed E-state index contributed by atoms with van der Waals surface area (Å²) in [5.41, 5.74) is 12.9. The van der Waals surface area contributed by atoms with Gasteiger partial charge < -0.3 is 20.9 Å². The van der Waals surface area contributed by atoms with Gasteiger partial charge in [0.2, 0.25) is 5.95 Å². The van der Waals surface area contributed by atoms with Gasteiger partial charge in [0.25, 0.3) is 0 Å². The smallest absolute Gasteiger partial charge is 0.222 e. The van der Waals surface area contributed by atoms with Crippen LogP contribution in [-0.4, -0.2) is 38.7 Å². The van der Waals surface area contributed by atoms with Gasteiger partial charge in [0, 0.05) is 50.1 Å². The van der Waals surface area contributed by atoms with Crippen molar-refractivity contribution < 1.29 is 0 Å². The molecular weight excluding hydrogens is 314 g/mol. The zero-order valence-corrected chi connectivity index (χ0v) is 14.8. The Bertz CT molecular complexity index is 727. The molecule has 1 saturated carbocycles. The van der Waals surface area contributed by atoms with Crippen LogP contribution in [0, 0.1) is 12.8 Å². The predicted molar refractivity (Wildman–Crippen MR) is 98.3 cm³/mol. The number of aryl methyl sites for hydroxylation is 1. The highest BCUT2D eigenvalue weighted by Crippen LogP contribution is 2.36. The van der Waals surface area contributed by atoms with Crippen LogP contribution in [0.1, 0.15) is 43.1 Å². The number of nitrogens with zero attached hydrogens (tertiary/aromatic N) is 5. The van der Waals surface area contributed by atoms with E-state index in [2.05, 4.69) is 43.6 Å². The minimum absolute atomic E-state index is 0.312. The van der Waals surface area contributed by atoms with Crippen molar-refractivity contribution in [2.75, 3.05) is 23.7 Å². The van der Waals surface area contributed by atoms with Crippen molar-refractivity contribution in [3.8, 4) is 0 Å². The van der Waals surface area contributed by atoms with Crippen LogP contribution in [0.15, 0.2) is 18.5 Å². The average molecular weight is 341 g/mol. The number of imidazole rings is 1. The Morgan fingerprint density at radius 3 is 2.60 bits per heavy atom. The summed E-state index contributed by atoms with van der Waals surface area (Å²) in [4.78, 5) is 15.6. The minimum atomic E-state index is 0.312. The molecule has 1 aliphatic heterocycles. The van der Waals surface area contributed by atoms with Crippen molar-refractivity contribution in [1.29, 1.82) is 0 Å². The number of nitrogen functional groups attached to an aromatic ring is 1. The zero-order chi connectivity index (χ0) is 17.4. The molecule has 0 spiro atoms. The molecule has 3 heterocycles. The van der Waals surface area contributed by atoms with Gasteiger partial charge in [-0.25, -0.2) is 9.97 Å². The number of hydrogen-bond donors (Lipinski definition) is 2. The minimum Gasteiger partial charge on any atom is -0.368 e. The third kappa shape index (κ3) is 3.46. The second-order valence-corrected chi connectivity index (χ2v) is 7.49. The number of aromatic nitrogens is 4. The van der Waals surface area contributed by atoms with Crippen LogP contribution >= 0.6 is 0 Å². The first kappa shape index (κ1) is 16.3. The van der Waals surface area contributed by atoms with E-state index in [0.29, 0.717) is 23.8 Å². The fourth-order valence-corrected chi connectivity index (χ4v) is 3.97. The quantitative estimate of drug-likeness (QED) is 0.878. The van der Waals surface area contributed by atoms with Crippen LogP contribution in [0.5, 0.6) is 0 Å². The SMILES string of the molecule is Cc1nccn1CC1CCN(c2cc(C3CC(N)C3)nc(N)n2)CC1. The first-order valence-corrected chi connectivity index (χ1v) is 9.21. The third-order valence-electron chi connectivity index (χ3n) is 5.66. The number of rotatable bonds is 4. The Morgan fingerprint density at radius 1 is 1.20 bits per heavy atom. The Morgan fingerprint density at radius 2 is 1.96 bits per heavy atom. The lowest BCUT2D eigenvalue weighted by Crippen LogP contribution is -2.37. The van der Waals surface area contributed by atoms with Gasteiger partial charge >= 0.3 is 0 Å². The number of anilines is 2. The molecular formula is C18H27N7. The summed E-state index contributed by atoms with van der Waals surface area (Å²) in [6.07, 6.45) is 8.27. The fraction of sp³-hybridized carbons (Fsp3) is 0.611. The first-order valence-electron chi connectivity index (χ1n) is 9.21. The molecule has 1 saturated heterocycles. The molecule has 0 amide bonds. The highest BCUT2D eigenvalue weighted by molar-refractivity contribution is 5.45. The molecule has 0 aromatic carbocycles. The average Bonchev–Trinajstić information content (AvgIpc) is 2.97. The molecule has 7 heteroatoms. The van der Waals surface area contributed by atoms with E-state index < -0.39 is 0 Å². The number of piperidine rings is 1. The van der Waals surface area contributed by atoms with Gasteiger partial charge in [-0.05, 0) is 38.5 Å². The lowest BCUT2D eigenvalue weighted by Gasteiger charge is -2.35. The normalized spacial score (nSPS) is 24.3. The van der Waals surface area contributed by atoms with Crippen molar-refractivity contribution in [1.82, 2.24) is 19.5 Å². The maximum atomic E-state index is 5.96. The highest BCUT2D eigenvalue weighted by Gasteiger charge is 2.30. The van der Waals surface area contributed by atoms with Gasteiger partial charge in [-0.2, -0.15) is 4.98 Å². The second-order valence-electron chi connectivity index (χ2n) is 7.49. The summed E-state index contributed by atoms with van der Waals surface area (Å²) in [6, 6.07) is 2.43. The molecule has 25 heavy (non-hydrogen) atoms. The summed E-state index contributed by atoms with van der Waals surface area (Å²) in [6.45, 7) is 5.14. The van der Waals surface area contributed by atoms with Gasteiger partial charge in [0.05, 0.1) is 5.69 Å². The van der Waals surface area contributed by atoms with Crippen molar-refractivity contribution >= 4 is 11.8 Å². The zero-order valence-electron chi connectivity index (χ0n) is 14.8. The largest absolute Gasteiger partial charge is 0.368 e. The Kier molecular flexibility index (Phi) is 4.33. The maximum Gasteiger partial charge on any atom is 0.222 e. The van der Waals surface area contributed by atoms with Crippen molar-refractivity contribution in [3.05, 3.63) is 30.0 Å². The van der Waals surface area contributed by atoms with E-state index in [-0.39, 0.29) is 0 Å². The molecule has 0 bridgehead atoms. The summed E-state index contributed by atoms with van der Waals surface area (Å²) in [7, 11) is 0. The summed E-state index contributed by atoms with van der Waals surface area (Å²) in [5.74, 6) is 3.58. The molecule has 4 N–H and O–H groups in total. The molecule has 134 valence electrons. The first-order chi connectivity index (χ1) is 12.1. The molecule has 2 aliphatic rings. The second kappa shape index (κ2) is 6.63. The molecule has 7 nitrogen and oxygen atoms in total. The van der Waals surface area contributed by atoms with Gasteiger partial charge in [0.15, 0.2) is 0 Å². The molecule has 0 atom stereocenters. The third-order valence-corrected chi connectivity index (χ3v) is 5.66. The van der Waals surface area contributed by atoms with Crippen LogP contribution < -0.4 is 16.4 Å². The van der Waals surface area contributed by atoms with Crippen LogP contribution in [-0.2, 0) is 6.54 Å². The van der Waals surface area contributed by atoms with Gasteiger partial charge in [-0.1, -0.05) is 0 Å². The van der Waals surface area contributed by atoms with E-state index in [1.807, 2.05) is 6.20 Å². The standard InChI is InChI=1S/C18H27N7/c1-12-21-4-7-25(12)11-13-2-5-24(6-3-13)17-10-16(22-18(20)23-17)14-8-15(19)9-14/h4,7,10,13-15H,2-3,5-6,8-9,11,19H2,1H3,(H2,20,22,23). The van der Waals surface area contributed by atoms with Crippen LogP contribution in [0.25, 0.3) is 0 Å². The van der Waals surface area contributed by atoms with E-state index in [1.54, 1.807) is 0 Å². The van der Waals surface area contributed by atoms with E-state index in [9.17, 15) is 0 Å². The molecule has 0 radical (unpaired) electrons. The summed E-state index contributed by atoms with van der Waals surface area (Å²) < 4.78 is 2.25. The molecule has 0 unspecified atom stereocenters. The Labute approximate surface area is 148 Å². The molecule has 2 aromatic rings. The van der Waals surface area contributed by atoms with Crippen molar-refractivity contribution in [3.63, 3.8) is 0 Å². The number of hydrogen-bond acceptors (Lipinski definition) is 6. The summed E-state index contributed by atoms with van der Waals surface area (Å²) >= 11 is 0. The van der Waals surface area contributed by atoms with E-state index in [1.165, 1.54) is 0 Å². The van der Waals surface area contributed by atoms with Gasteiger partial charge in [-0.15, -0.1) is 0 Å². The van der Waals surface area contributed by atoms with E-state index in [4.69, 9.17) is 11.5 Å². The lowest BCUT2D eigenvalue weighted by molar-refractivity contribution is 0.343. The number of nitrogens with two attached hydrogens (primary N) is 2. The van der Waals surface area contributed by atoms with Crippen molar-refractivity contribution in [2.24, 2.45) is 11.7 Å². The Hall–Kier alpha value is -2.15. The molecule has 2 fully saturated rings. The van der Waals surface area contributed by atoms with E-state index in [0.717, 1.165) is 62.7 Å². The van der Waals surface area contributed by atoms with Crippen LogP contribution in [0.4, 0.5) is 11.8 Å². The monoisotopic (exact) mass is 341 g/mol. The van der Waals surface area contributed by atoms with Crippen molar-refractivity contribution in [2.45, 2.75) is 51.1 Å². The molecule has 1 aliphatic carbocycles. The van der Waals surface area contributed by atoms with E-state index >= 15 is 0 Å². The van der Waals surface area contributed by atoms with Crippen LogP contribution in [0.2, 0.25) is 0 Å². The molecule has 4 rings (SSSR count). The highest BCUT2D eigenvalue weighted by atomic mass is 15.2.